The predicted octanol–water partition coefficient (Wildman–Crippen LogP) is 1.45. The highest BCUT2D eigenvalue weighted by Crippen LogP contribution is 2.35. The predicted molar refractivity (Wildman–Crippen MR) is 93.0 cm³/mol. The summed E-state index contributed by atoms with van der Waals surface area (Å²) in [5.41, 5.74) is 0.854. The standard InChI is InChI=1S/C19H27N3O3/c23-18(22-8-3-4-9-22)12-21-14-19(15-21)11-17(6-10-25-19)24-13-16-5-1-2-7-20-16/h1-2,5,7,17H,3-4,6,8-15H2/t17-/m0/s1. The summed E-state index contributed by atoms with van der Waals surface area (Å²) >= 11 is 0. The minimum Gasteiger partial charge on any atom is -0.372 e. The fraction of sp³-hybridized carbons (Fsp3) is 0.684. The molecular formula is C19H27N3O3. The van der Waals surface area contributed by atoms with E-state index in [0.717, 1.165) is 64.2 Å². The molecule has 4 rings (SSSR count). The summed E-state index contributed by atoms with van der Waals surface area (Å²) in [4.78, 5) is 20.8. The molecule has 6 nitrogen and oxygen atoms in total. The van der Waals surface area contributed by atoms with Crippen LogP contribution in [0, 0.1) is 0 Å². The van der Waals surface area contributed by atoms with Gasteiger partial charge in [0.1, 0.15) is 0 Å². The molecule has 0 aliphatic carbocycles. The Morgan fingerprint density at radius 2 is 2.16 bits per heavy atom. The van der Waals surface area contributed by atoms with Gasteiger partial charge in [0, 0.05) is 45.4 Å². The molecule has 25 heavy (non-hydrogen) atoms. The number of amides is 1. The molecule has 1 spiro atoms. The summed E-state index contributed by atoms with van der Waals surface area (Å²) in [6, 6.07) is 5.89. The topological polar surface area (TPSA) is 54.9 Å². The van der Waals surface area contributed by atoms with Gasteiger partial charge < -0.3 is 14.4 Å². The van der Waals surface area contributed by atoms with Crippen LogP contribution in [0.4, 0.5) is 0 Å². The number of aromatic nitrogens is 1. The van der Waals surface area contributed by atoms with Gasteiger partial charge in [0.05, 0.1) is 30.6 Å². The van der Waals surface area contributed by atoms with E-state index in [-0.39, 0.29) is 17.6 Å². The molecule has 136 valence electrons. The molecule has 6 heteroatoms. The Labute approximate surface area is 149 Å². The quantitative estimate of drug-likeness (QED) is 0.809. The van der Waals surface area contributed by atoms with E-state index in [2.05, 4.69) is 9.88 Å². The van der Waals surface area contributed by atoms with Gasteiger partial charge >= 0.3 is 0 Å². The lowest BCUT2D eigenvalue weighted by atomic mass is 9.84. The van der Waals surface area contributed by atoms with Crippen LogP contribution in [0.25, 0.3) is 0 Å². The average Bonchev–Trinajstić information content (AvgIpc) is 3.15. The normalized spacial score (nSPS) is 25.9. The van der Waals surface area contributed by atoms with E-state index in [4.69, 9.17) is 9.47 Å². The maximum Gasteiger partial charge on any atom is 0.236 e. The van der Waals surface area contributed by atoms with Crippen molar-refractivity contribution >= 4 is 5.91 Å². The molecule has 3 fully saturated rings. The van der Waals surface area contributed by atoms with Gasteiger partial charge in [-0.2, -0.15) is 0 Å². The highest BCUT2D eigenvalue weighted by Gasteiger charge is 2.48. The van der Waals surface area contributed by atoms with E-state index in [1.807, 2.05) is 23.1 Å². The SMILES string of the molecule is O=C(CN1CC2(C[C@@H](OCc3ccccn3)CCO2)C1)N1CCCC1. The first kappa shape index (κ1) is 16.9. The third kappa shape index (κ3) is 4.02. The van der Waals surface area contributed by atoms with Gasteiger partial charge in [-0.15, -0.1) is 0 Å². The molecule has 4 heterocycles. The van der Waals surface area contributed by atoms with E-state index in [1.54, 1.807) is 6.20 Å². The molecule has 3 aliphatic heterocycles. The number of hydrogen-bond donors (Lipinski definition) is 0. The second kappa shape index (κ2) is 7.40. The summed E-state index contributed by atoms with van der Waals surface area (Å²) in [6.45, 7) is 5.37. The second-order valence-corrected chi connectivity index (χ2v) is 7.51. The van der Waals surface area contributed by atoms with E-state index in [0.29, 0.717) is 13.2 Å². The highest BCUT2D eigenvalue weighted by atomic mass is 16.5. The van der Waals surface area contributed by atoms with Crippen LogP contribution in [0.3, 0.4) is 0 Å². The van der Waals surface area contributed by atoms with Gasteiger partial charge in [-0.3, -0.25) is 14.7 Å². The van der Waals surface area contributed by atoms with Crippen LogP contribution in [0.2, 0.25) is 0 Å². The second-order valence-electron chi connectivity index (χ2n) is 7.51. The molecule has 1 aromatic heterocycles. The number of ether oxygens (including phenoxy) is 2. The Bertz CT molecular complexity index is 583. The molecule has 0 aromatic carbocycles. The summed E-state index contributed by atoms with van der Waals surface area (Å²) in [5, 5.41) is 0. The van der Waals surface area contributed by atoms with Crippen molar-refractivity contribution in [2.45, 2.75) is 44.0 Å². The lowest BCUT2D eigenvalue weighted by molar-refractivity contribution is -0.199. The Morgan fingerprint density at radius 1 is 1.32 bits per heavy atom. The van der Waals surface area contributed by atoms with Crippen molar-refractivity contribution in [2.24, 2.45) is 0 Å². The molecule has 1 atom stereocenters. The molecule has 0 bridgehead atoms. The third-order valence-corrected chi connectivity index (χ3v) is 5.48. The smallest absolute Gasteiger partial charge is 0.236 e. The Balaban J connectivity index is 1.22. The molecule has 3 saturated heterocycles. The zero-order valence-electron chi connectivity index (χ0n) is 14.7. The molecule has 0 unspecified atom stereocenters. The Morgan fingerprint density at radius 3 is 2.92 bits per heavy atom. The van der Waals surface area contributed by atoms with Crippen LogP contribution in [-0.2, 0) is 20.9 Å². The number of hydrogen-bond acceptors (Lipinski definition) is 5. The molecule has 1 aromatic rings. The van der Waals surface area contributed by atoms with Crippen molar-refractivity contribution in [1.29, 1.82) is 0 Å². The zero-order valence-corrected chi connectivity index (χ0v) is 14.7. The number of pyridine rings is 1. The fourth-order valence-corrected chi connectivity index (χ4v) is 4.17. The molecule has 1 amide bonds. The van der Waals surface area contributed by atoms with E-state index in [9.17, 15) is 4.79 Å². The monoisotopic (exact) mass is 345 g/mol. The molecular weight excluding hydrogens is 318 g/mol. The van der Waals surface area contributed by atoms with Crippen LogP contribution in [-0.4, -0.2) is 71.7 Å². The average molecular weight is 345 g/mol. The first-order valence-electron chi connectivity index (χ1n) is 9.38. The van der Waals surface area contributed by atoms with Crippen LogP contribution in [0.15, 0.2) is 24.4 Å². The Kier molecular flexibility index (Phi) is 5.01. The van der Waals surface area contributed by atoms with Gasteiger partial charge in [0.25, 0.3) is 0 Å². The van der Waals surface area contributed by atoms with E-state index in [1.165, 1.54) is 0 Å². The first-order valence-corrected chi connectivity index (χ1v) is 9.38. The van der Waals surface area contributed by atoms with Crippen molar-refractivity contribution < 1.29 is 14.3 Å². The van der Waals surface area contributed by atoms with Crippen molar-refractivity contribution in [3.8, 4) is 0 Å². The van der Waals surface area contributed by atoms with Gasteiger partial charge in [0.15, 0.2) is 0 Å². The number of likely N-dealkylation sites (tertiary alicyclic amines) is 2. The zero-order chi connectivity index (χ0) is 17.1. The largest absolute Gasteiger partial charge is 0.372 e. The van der Waals surface area contributed by atoms with Crippen LogP contribution in [0.5, 0.6) is 0 Å². The Hall–Kier alpha value is -1.50. The summed E-state index contributed by atoms with van der Waals surface area (Å²) < 4.78 is 12.1. The highest BCUT2D eigenvalue weighted by molar-refractivity contribution is 5.78. The maximum absolute atomic E-state index is 12.3. The fourth-order valence-electron chi connectivity index (χ4n) is 4.17. The van der Waals surface area contributed by atoms with Crippen LogP contribution < -0.4 is 0 Å². The lowest BCUT2D eigenvalue weighted by Crippen LogP contribution is -2.67. The van der Waals surface area contributed by atoms with Crippen molar-refractivity contribution in [3.63, 3.8) is 0 Å². The molecule has 0 radical (unpaired) electrons. The summed E-state index contributed by atoms with van der Waals surface area (Å²) in [7, 11) is 0. The number of rotatable bonds is 5. The van der Waals surface area contributed by atoms with E-state index < -0.39 is 0 Å². The minimum atomic E-state index is -0.113. The number of carbonyl (C=O) groups excluding carboxylic acids is 1. The van der Waals surface area contributed by atoms with Crippen molar-refractivity contribution in [1.82, 2.24) is 14.8 Å². The molecule has 0 saturated carbocycles. The van der Waals surface area contributed by atoms with Gasteiger partial charge in [0.2, 0.25) is 5.91 Å². The number of nitrogens with zero attached hydrogens (tertiary/aromatic N) is 3. The van der Waals surface area contributed by atoms with Crippen LogP contribution >= 0.6 is 0 Å². The van der Waals surface area contributed by atoms with Gasteiger partial charge in [-0.25, -0.2) is 0 Å². The van der Waals surface area contributed by atoms with E-state index >= 15 is 0 Å². The van der Waals surface area contributed by atoms with Crippen molar-refractivity contribution in [3.05, 3.63) is 30.1 Å². The van der Waals surface area contributed by atoms with Gasteiger partial charge in [-0.05, 0) is 31.4 Å². The number of carbonyl (C=O) groups is 1. The minimum absolute atomic E-state index is 0.113. The molecule has 0 N–H and O–H groups in total. The summed E-state index contributed by atoms with van der Waals surface area (Å²) in [6.07, 6.45) is 6.15. The van der Waals surface area contributed by atoms with Crippen molar-refractivity contribution in [2.75, 3.05) is 39.3 Å². The lowest BCUT2D eigenvalue weighted by Gasteiger charge is -2.53. The molecule has 3 aliphatic rings. The van der Waals surface area contributed by atoms with Crippen LogP contribution in [0.1, 0.15) is 31.4 Å². The third-order valence-electron chi connectivity index (χ3n) is 5.48. The maximum atomic E-state index is 12.3. The van der Waals surface area contributed by atoms with Gasteiger partial charge in [-0.1, -0.05) is 6.07 Å². The first-order chi connectivity index (χ1) is 12.2. The summed E-state index contributed by atoms with van der Waals surface area (Å²) in [5.74, 6) is 0.270.